The van der Waals surface area contributed by atoms with E-state index >= 15 is 0 Å². The van der Waals surface area contributed by atoms with Crippen molar-refractivity contribution in [3.8, 4) is 0 Å². The molecule has 1 aromatic rings. The molecule has 3 atom stereocenters. The normalized spacial score (nSPS) is 37.1. The van der Waals surface area contributed by atoms with Crippen molar-refractivity contribution in [1.29, 1.82) is 0 Å². The molecule has 0 saturated heterocycles. The number of hydrogen-bond acceptors (Lipinski definition) is 0. The molecule has 126 valence electrons. The summed E-state index contributed by atoms with van der Waals surface area (Å²) in [6, 6.07) is 4.25. The maximum absolute atomic E-state index is 14.4. The first-order valence-corrected chi connectivity index (χ1v) is 9.91. The molecule has 3 unspecified atom stereocenters. The van der Waals surface area contributed by atoms with Crippen LogP contribution in [0.2, 0.25) is 0 Å². The van der Waals surface area contributed by atoms with Crippen LogP contribution in [0.4, 0.5) is 4.39 Å². The molecule has 0 radical (unpaired) electrons. The summed E-state index contributed by atoms with van der Waals surface area (Å²) in [6.07, 6.45) is 12.1. The fourth-order valence-electron chi connectivity index (χ4n) is 5.90. The molecule has 0 aromatic heterocycles. The van der Waals surface area contributed by atoms with Crippen molar-refractivity contribution in [2.45, 2.75) is 77.6 Å². The predicted octanol–water partition coefficient (Wildman–Crippen LogP) is 6.41. The van der Waals surface area contributed by atoms with Gasteiger partial charge in [-0.15, -0.1) is 0 Å². The highest BCUT2D eigenvalue weighted by atomic mass is 19.1. The average Bonchev–Trinajstić information content (AvgIpc) is 2.58. The van der Waals surface area contributed by atoms with Crippen molar-refractivity contribution in [3.63, 3.8) is 0 Å². The Balaban J connectivity index is 1.49. The standard InChI is InChI=1S/C22H31F/c1-14-3-6-16(7-4-14)17-8-11-19-18(13-17)9-12-21-20(19)10-5-15(2)22(21)23/h5,10,14,16-19H,3-4,6-9,11-13H2,1-2H3. The molecule has 0 amide bonds. The second-order valence-corrected chi connectivity index (χ2v) is 8.76. The van der Waals surface area contributed by atoms with E-state index in [4.69, 9.17) is 0 Å². The topological polar surface area (TPSA) is 0 Å². The van der Waals surface area contributed by atoms with Crippen LogP contribution in [0.5, 0.6) is 0 Å². The third-order valence-electron chi connectivity index (χ3n) is 7.39. The molecule has 1 heteroatoms. The summed E-state index contributed by atoms with van der Waals surface area (Å²) in [5.41, 5.74) is 3.24. The second-order valence-electron chi connectivity index (χ2n) is 8.76. The van der Waals surface area contributed by atoms with Crippen LogP contribution in [0.1, 0.15) is 80.9 Å². The van der Waals surface area contributed by atoms with Crippen LogP contribution in [-0.4, -0.2) is 0 Å². The number of benzene rings is 1. The lowest BCUT2D eigenvalue weighted by molar-refractivity contribution is 0.121. The lowest BCUT2D eigenvalue weighted by Crippen LogP contribution is -2.32. The Bertz CT molecular complexity index is 568. The van der Waals surface area contributed by atoms with Crippen LogP contribution in [0, 0.1) is 36.4 Å². The molecule has 0 N–H and O–H groups in total. The predicted molar refractivity (Wildman–Crippen MR) is 94.2 cm³/mol. The summed E-state index contributed by atoms with van der Waals surface area (Å²) < 4.78 is 14.4. The Morgan fingerprint density at radius 3 is 2.39 bits per heavy atom. The van der Waals surface area contributed by atoms with Crippen LogP contribution in [-0.2, 0) is 6.42 Å². The third-order valence-corrected chi connectivity index (χ3v) is 7.39. The Labute approximate surface area is 140 Å². The molecule has 2 saturated carbocycles. The van der Waals surface area contributed by atoms with Crippen LogP contribution in [0.15, 0.2) is 12.1 Å². The molecule has 2 fully saturated rings. The highest BCUT2D eigenvalue weighted by Gasteiger charge is 2.39. The SMILES string of the molecule is Cc1ccc2c(c1F)CCC1CC(C3CCC(C)CC3)CCC21. The Kier molecular flexibility index (Phi) is 4.24. The van der Waals surface area contributed by atoms with Crippen LogP contribution in [0.3, 0.4) is 0 Å². The first-order valence-electron chi connectivity index (χ1n) is 9.91. The number of halogens is 1. The van der Waals surface area contributed by atoms with Gasteiger partial charge in [0.05, 0.1) is 0 Å². The molecule has 23 heavy (non-hydrogen) atoms. The molecule has 0 aliphatic heterocycles. The van der Waals surface area contributed by atoms with E-state index in [1.54, 1.807) is 0 Å². The molecule has 0 nitrogen and oxygen atoms in total. The summed E-state index contributed by atoms with van der Waals surface area (Å²) in [7, 11) is 0. The maximum atomic E-state index is 14.4. The van der Waals surface area contributed by atoms with Gasteiger partial charge in [-0.25, -0.2) is 4.39 Å². The van der Waals surface area contributed by atoms with Gasteiger partial charge in [0.25, 0.3) is 0 Å². The zero-order valence-corrected chi connectivity index (χ0v) is 14.8. The number of fused-ring (bicyclic) bond motifs is 3. The van der Waals surface area contributed by atoms with E-state index in [1.165, 1.54) is 56.9 Å². The van der Waals surface area contributed by atoms with E-state index in [2.05, 4.69) is 13.0 Å². The van der Waals surface area contributed by atoms with Crippen molar-refractivity contribution in [3.05, 3.63) is 34.6 Å². The quantitative estimate of drug-likeness (QED) is 0.562. The number of rotatable bonds is 1. The lowest BCUT2D eigenvalue weighted by Gasteiger charge is -2.44. The van der Waals surface area contributed by atoms with Gasteiger partial charge in [0.2, 0.25) is 0 Å². The second kappa shape index (κ2) is 6.22. The fourth-order valence-corrected chi connectivity index (χ4v) is 5.90. The van der Waals surface area contributed by atoms with E-state index in [-0.39, 0.29) is 5.82 Å². The molecule has 4 rings (SSSR count). The van der Waals surface area contributed by atoms with Crippen LogP contribution >= 0.6 is 0 Å². The molecule has 1 aromatic carbocycles. The van der Waals surface area contributed by atoms with Gasteiger partial charge in [-0.2, -0.15) is 0 Å². The van der Waals surface area contributed by atoms with Crippen molar-refractivity contribution in [1.82, 2.24) is 0 Å². The molecule has 0 spiro atoms. The average molecular weight is 314 g/mol. The minimum atomic E-state index is 0.0874. The molecular weight excluding hydrogens is 283 g/mol. The lowest BCUT2D eigenvalue weighted by atomic mass is 9.61. The minimum Gasteiger partial charge on any atom is -0.206 e. The molecule has 0 bridgehead atoms. The maximum Gasteiger partial charge on any atom is 0.129 e. The number of hydrogen-bond donors (Lipinski definition) is 0. The summed E-state index contributed by atoms with van der Waals surface area (Å²) in [5, 5.41) is 0. The summed E-state index contributed by atoms with van der Waals surface area (Å²) >= 11 is 0. The van der Waals surface area contributed by atoms with Gasteiger partial charge >= 0.3 is 0 Å². The summed E-state index contributed by atoms with van der Waals surface area (Å²) in [4.78, 5) is 0. The van der Waals surface area contributed by atoms with E-state index in [1.807, 2.05) is 13.0 Å². The van der Waals surface area contributed by atoms with Crippen molar-refractivity contribution in [2.75, 3.05) is 0 Å². The van der Waals surface area contributed by atoms with Gasteiger partial charge < -0.3 is 0 Å². The van der Waals surface area contributed by atoms with E-state index < -0.39 is 0 Å². The van der Waals surface area contributed by atoms with Crippen LogP contribution in [0.25, 0.3) is 0 Å². The zero-order valence-electron chi connectivity index (χ0n) is 14.8. The van der Waals surface area contributed by atoms with Gasteiger partial charge in [0, 0.05) is 0 Å². The Morgan fingerprint density at radius 1 is 0.870 bits per heavy atom. The van der Waals surface area contributed by atoms with Crippen molar-refractivity contribution in [2.24, 2.45) is 23.7 Å². The third kappa shape index (κ3) is 2.85. The summed E-state index contributed by atoms with van der Waals surface area (Å²) in [5.74, 6) is 4.46. The van der Waals surface area contributed by atoms with Crippen molar-refractivity contribution >= 4 is 0 Å². The van der Waals surface area contributed by atoms with Gasteiger partial charge in [-0.3, -0.25) is 0 Å². The molecule has 3 aliphatic carbocycles. The van der Waals surface area contributed by atoms with Crippen LogP contribution < -0.4 is 0 Å². The van der Waals surface area contributed by atoms with E-state index in [9.17, 15) is 4.39 Å². The zero-order chi connectivity index (χ0) is 16.0. The smallest absolute Gasteiger partial charge is 0.129 e. The van der Waals surface area contributed by atoms with E-state index in [0.717, 1.165) is 41.2 Å². The Hall–Kier alpha value is -0.850. The van der Waals surface area contributed by atoms with Gasteiger partial charge in [0.15, 0.2) is 0 Å². The van der Waals surface area contributed by atoms with Gasteiger partial charge in [0.1, 0.15) is 5.82 Å². The number of aryl methyl sites for hydroxylation is 1. The molecule has 0 heterocycles. The van der Waals surface area contributed by atoms with Gasteiger partial charge in [-0.1, -0.05) is 31.9 Å². The largest absolute Gasteiger partial charge is 0.206 e. The van der Waals surface area contributed by atoms with Gasteiger partial charge in [-0.05, 0) is 98.1 Å². The first-order chi connectivity index (χ1) is 11.1. The van der Waals surface area contributed by atoms with E-state index in [0.29, 0.717) is 5.92 Å². The summed E-state index contributed by atoms with van der Waals surface area (Å²) in [6.45, 7) is 4.32. The highest BCUT2D eigenvalue weighted by molar-refractivity contribution is 5.38. The molecule has 3 aliphatic rings. The fraction of sp³-hybridized carbons (Fsp3) is 0.727. The highest BCUT2D eigenvalue weighted by Crippen LogP contribution is 2.51. The minimum absolute atomic E-state index is 0.0874. The van der Waals surface area contributed by atoms with Crippen molar-refractivity contribution < 1.29 is 4.39 Å². The first kappa shape index (κ1) is 15.7. The Morgan fingerprint density at radius 2 is 1.61 bits per heavy atom. The monoisotopic (exact) mass is 314 g/mol. The molecular formula is C22H31F.